The Morgan fingerprint density at radius 1 is 1.23 bits per heavy atom. The van der Waals surface area contributed by atoms with Crippen molar-refractivity contribution in [3.05, 3.63) is 46.8 Å². The highest BCUT2D eigenvalue weighted by Gasteiger charge is 2.14. The number of nitrogens with zero attached hydrogens (tertiary/aromatic N) is 3. The van der Waals surface area contributed by atoms with Gasteiger partial charge in [-0.1, -0.05) is 26.0 Å². The number of hydrogen-bond acceptors (Lipinski definition) is 3. The first-order valence-corrected chi connectivity index (χ1v) is 10.5. The van der Waals surface area contributed by atoms with Gasteiger partial charge in [-0.15, -0.1) is 24.0 Å². The van der Waals surface area contributed by atoms with Crippen molar-refractivity contribution in [1.29, 1.82) is 0 Å². The molecule has 1 atom stereocenters. The van der Waals surface area contributed by atoms with Crippen LogP contribution in [0.2, 0.25) is 0 Å². The molecule has 8 heteroatoms. The van der Waals surface area contributed by atoms with Crippen LogP contribution in [0.5, 0.6) is 0 Å². The molecule has 1 heterocycles. The van der Waals surface area contributed by atoms with Crippen molar-refractivity contribution in [3.8, 4) is 0 Å². The van der Waals surface area contributed by atoms with Crippen molar-refractivity contribution >= 4 is 41.5 Å². The first kappa shape index (κ1) is 26.9. The Balaban J connectivity index is 0.00000480. The fourth-order valence-electron chi connectivity index (χ4n) is 3.43. The third-order valence-corrected chi connectivity index (χ3v) is 5.04. The van der Waals surface area contributed by atoms with Crippen molar-refractivity contribution in [2.75, 3.05) is 12.4 Å². The Hall–Kier alpha value is -2.10. The van der Waals surface area contributed by atoms with E-state index in [2.05, 4.69) is 46.8 Å². The number of carbonyl (C=O) groups excluding carboxylic acids is 1. The number of rotatable bonds is 8. The van der Waals surface area contributed by atoms with Crippen LogP contribution in [0, 0.1) is 19.8 Å². The lowest BCUT2D eigenvalue weighted by Crippen LogP contribution is -2.42. The molecule has 1 aromatic heterocycles. The Morgan fingerprint density at radius 2 is 1.94 bits per heavy atom. The highest BCUT2D eigenvalue weighted by atomic mass is 127. The van der Waals surface area contributed by atoms with E-state index in [1.807, 2.05) is 49.8 Å². The van der Waals surface area contributed by atoms with Gasteiger partial charge in [-0.3, -0.25) is 14.5 Å². The lowest BCUT2D eigenvalue weighted by molar-refractivity contribution is -0.116. The number of hydrogen-bond donors (Lipinski definition) is 3. The van der Waals surface area contributed by atoms with E-state index in [1.54, 1.807) is 7.05 Å². The van der Waals surface area contributed by atoms with E-state index in [0.717, 1.165) is 29.3 Å². The zero-order valence-electron chi connectivity index (χ0n) is 19.7. The second kappa shape index (κ2) is 12.7. The number of benzene rings is 1. The Labute approximate surface area is 203 Å². The molecule has 3 N–H and O–H groups in total. The third-order valence-electron chi connectivity index (χ3n) is 5.04. The molecule has 0 fully saturated rings. The van der Waals surface area contributed by atoms with Crippen molar-refractivity contribution in [2.45, 2.75) is 60.0 Å². The molecular weight excluding hydrogens is 503 g/mol. The van der Waals surface area contributed by atoms with Gasteiger partial charge in [0.1, 0.15) is 0 Å². The number of aromatic nitrogens is 2. The summed E-state index contributed by atoms with van der Waals surface area (Å²) < 4.78 is 1.93. The molecule has 7 nitrogen and oxygen atoms in total. The summed E-state index contributed by atoms with van der Waals surface area (Å²) in [7, 11) is 3.75. The van der Waals surface area contributed by atoms with Crippen molar-refractivity contribution in [3.63, 3.8) is 0 Å². The molecule has 0 spiro atoms. The summed E-state index contributed by atoms with van der Waals surface area (Å²) in [5.41, 5.74) is 5.44. The summed E-state index contributed by atoms with van der Waals surface area (Å²) in [6, 6.07) is 8.10. The van der Waals surface area contributed by atoms with Gasteiger partial charge in [0.05, 0.1) is 5.69 Å². The zero-order chi connectivity index (χ0) is 22.3. The fourth-order valence-corrected chi connectivity index (χ4v) is 3.43. The van der Waals surface area contributed by atoms with E-state index in [4.69, 9.17) is 0 Å². The smallest absolute Gasteiger partial charge is 0.224 e. The van der Waals surface area contributed by atoms with Gasteiger partial charge in [0.15, 0.2) is 5.96 Å². The predicted octanol–water partition coefficient (Wildman–Crippen LogP) is 3.94. The fraction of sp³-hybridized carbons (Fsp3) is 0.522. The van der Waals surface area contributed by atoms with E-state index in [9.17, 15) is 4.79 Å². The standard InChI is InChI=1S/C23H36N6O.HI/c1-15(2)11-22(30)27-20-10-8-9-19(13-20)14-25-23(24-6)26-16(3)12-21-17(4)28-29(7)18(21)5;/h8-10,13,15-16H,11-12,14H2,1-7H3,(H,27,30)(H2,24,25,26);1H. The summed E-state index contributed by atoms with van der Waals surface area (Å²) in [5, 5.41) is 14.3. The Bertz CT molecular complexity index is 890. The topological polar surface area (TPSA) is 83.3 Å². The van der Waals surface area contributed by atoms with E-state index < -0.39 is 0 Å². The van der Waals surface area contributed by atoms with Crippen LogP contribution in [-0.2, 0) is 24.8 Å². The monoisotopic (exact) mass is 540 g/mol. The van der Waals surface area contributed by atoms with Crippen molar-refractivity contribution in [1.82, 2.24) is 20.4 Å². The maximum absolute atomic E-state index is 12.0. The van der Waals surface area contributed by atoms with Gasteiger partial charge in [0.2, 0.25) is 5.91 Å². The van der Waals surface area contributed by atoms with Crippen LogP contribution in [0.15, 0.2) is 29.3 Å². The molecule has 2 rings (SSSR count). The molecule has 0 saturated carbocycles. The number of anilines is 1. The lowest BCUT2D eigenvalue weighted by Gasteiger charge is -2.18. The highest BCUT2D eigenvalue weighted by Crippen LogP contribution is 2.14. The molecular formula is C23H37IN6O. The normalized spacial score (nSPS) is 12.3. The number of nitrogens with one attached hydrogen (secondary N) is 3. The molecule has 0 saturated heterocycles. The van der Waals surface area contributed by atoms with E-state index in [0.29, 0.717) is 18.9 Å². The number of halogens is 1. The molecule has 172 valence electrons. The zero-order valence-corrected chi connectivity index (χ0v) is 22.1. The van der Waals surface area contributed by atoms with Gasteiger partial charge in [-0.2, -0.15) is 5.10 Å². The molecule has 31 heavy (non-hydrogen) atoms. The lowest BCUT2D eigenvalue weighted by atomic mass is 10.1. The summed E-state index contributed by atoms with van der Waals surface area (Å²) in [5.74, 6) is 1.13. The quantitative estimate of drug-likeness (QED) is 0.269. The van der Waals surface area contributed by atoms with E-state index >= 15 is 0 Å². The number of amides is 1. The molecule has 1 aromatic carbocycles. The van der Waals surface area contributed by atoms with Crippen LogP contribution < -0.4 is 16.0 Å². The van der Waals surface area contributed by atoms with Crippen LogP contribution in [0.25, 0.3) is 0 Å². The minimum atomic E-state index is 0. The van der Waals surface area contributed by atoms with Crippen LogP contribution in [-0.4, -0.2) is 34.7 Å². The van der Waals surface area contributed by atoms with E-state index in [-0.39, 0.29) is 35.9 Å². The first-order valence-electron chi connectivity index (χ1n) is 10.5. The third kappa shape index (κ3) is 8.51. The summed E-state index contributed by atoms with van der Waals surface area (Å²) in [6.45, 7) is 11.0. The van der Waals surface area contributed by atoms with Crippen LogP contribution in [0.4, 0.5) is 5.69 Å². The molecule has 0 bridgehead atoms. The SMILES string of the molecule is CN=C(NCc1cccc(NC(=O)CC(C)C)c1)NC(C)Cc1c(C)nn(C)c1C.I. The number of aliphatic imine (C=N–C) groups is 1. The maximum atomic E-state index is 12.0. The second-order valence-corrected chi connectivity index (χ2v) is 8.29. The highest BCUT2D eigenvalue weighted by molar-refractivity contribution is 14.0. The molecule has 2 aromatic rings. The number of aryl methyl sites for hydroxylation is 2. The molecule has 0 aliphatic heterocycles. The van der Waals surface area contributed by atoms with Gasteiger partial charge < -0.3 is 16.0 Å². The van der Waals surface area contributed by atoms with Gasteiger partial charge in [-0.25, -0.2) is 0 Å². The van der Waals surface area contributed by atoms with E-state index in [1.165, 1.54) is 11.3 Å². The second-order valence-electron chi connectivity index (χ2n) is 8.29. The maximum Gasteiger partial charge on any atom is 0.224 e. The van der Waals surface area contributed by atoms with Gasteiger partial charge >= 0.3 is 0 Å². The van der Waals surface area contributed by atoms with Crippen molar-refractivity contribution in [2.24, 2.45) is 18.0 Å². The van der Waals surface area contributed by atoms with Crippen LogP contribution in [0.1, 0.15) is 49.7 Å². The minimum Gasteiger partial charge on any atom is -0.354 e. The van der Waals surface area contributed by atoms with Crippen LogP contribution >= 0.6 is 24.0 Å². The summed E-state index contributed by atoms with van der Waals surface area (Å²) in [4.78, 5) is 16.3. The Kier molecular flexibility index (Phi) is 11.0. The van der Waals surface area contributed by atoms with Gasteiger partial charge in [-0.05, 0) is 56.4 Å². The van der Waals surface area contributed by atoms with Crippen molar-refractivity contribution < 1.29 is 4.79 Å². The largest absolute Gasteiger partial charge is 0.354 e. The molecule has 1 amide bonds. The number of guanidine groups is 1. The molecule has 0 aliphatic carbocycles. The van der Waals surface area contributed by atoms with Gasteiger partial charge in [0.25, 0.3) is 0 Å². The number of carbonyl (C=O) groups is 1. The van der Waals surface area contributed by atoms with Crippen LogP contribution in [0.3, 0.4) is 0 Å². The summed E-state index contributed by atoms with van der Waals surface area (Å²) >= 11 is 0. The minimum absolute atomic E-state index is 0. The molecule has 0 radical (unpaired) electrons. The summed E-state index contributed by atoms with van der Waals surface area (Å²) in [6.07, 6.45) is 1.40. The van der Waals surface area contributed by atoms with Gasteiger partial charge in [0, 0.05) is 44.5 Å². The Morgan fingerprint density at radius 3 is 2.52 bits per heavy atom. The average molecular weight is 540 g/mol. The first-order chi connectivity index (χ1) is 14.2. The predicted molar refractivity (Wildman–Crippen MR) is 139 cm³/mol. The average Bonchev–Trinajstić information content (AvgIpc) is 2.90. The molecule has 0 aliphatic rings. The molecule has 1 unspecified atom stereocenters.